The molecule has 6 nitrogen and oxygen atoms in total. The van der Waals surface area contributed by atoms with E-state index in [1.807, 2.05) is 0 Å². The number of nitrogen functional groups attached to an aromatic ring is 1. The van der Waals surface area contributed by atoms with Gasteiger partial charge in [-0.2, -0.15) is 0 Å². The molecule has 1 heterocycles. The number of ether oxygens (including phenoxy) is 2. The molecule has 1 aliphatic heterocycles. The Bertz CT molecular complexity index is 664. The third kappa shape index (κ3) is 3.06. The van der Waals surface area contributed by atoms with Gasteiger partial charge in [-0.15, -0.1) is 0 Å². The second-order valence-electron chi connectivity index (χ2n) is 5.29. The number of carbonyl (C=O) groups is 2. The Hall–Kier alpha value is -2.76. The van der Waals surface area contributed by atoms with E-state index in [1.165, 1.54) is 14.2 Å². The van der Waals surface area contributed by atoms with Crippen LogP contribution in [0.1, 0.15) is 25.3 Å². The van der Waals surface area contributed by atoms with E-state index in [0.717, 1.165) is 5.56 Å². The van der Waals surface area contributed by atoms with Crippen LogP contribution < -0.4 is 11.1 Å². The Morgan fingerprint density at radius 2 is 1.39 bits per heavy atom. The van der Waals surface area contributed by atoms with Crippen LogP contribution in [0.5, 0.6) is 0 Å². The van der Waals surface area contributed by atoms with Crippen molar-refractivity contribution in [2.75, 3.05) is 20.0 Å². The molecule has 0 aromatic heterocycles. The molecule has 0 bridgehead atoms. The predicted molar refractivity (Wildman–Crippen MR) is 86.2 cm³/mol. The summed E-state index contributed by atoms with van der Waals surface area (Å²) < 4.78 is 9.79. The summed E-state index contributed by atoms with van der Waals surface area (Å²) in [6.07, 6.45) is 0. The number of nitrogens with two attached hydrogens (primary N) is 1. The minimum absolute atomic E-state index is 0.378. The van der Waals surface area contributed by atoms with Gasteiger partial charge in [0.25, 0.3) is 0 Å². The van der Waals surface area contributed by atoms with Crippen LogP contribution in [-0.2, 0) is 19.1 Å². The molecule has 3 N–H and O–H groups in total. The van der Waals surface area contributed by atoms with Crippen LogP contribution in [-0.4, -0.2) is 26.2 Å². The lowest BCUT2D eigenvalue weighted by molar-refractivity contribution is -0.137. The normalized spacial score (nSPS) is 15.3. The van der Waals surface area contributed by atoms with E-state index in [-0.39, 0.29) is 0 Å². The Morgan fingerprint density at radius 3 is 1.78 bits per heavy atom. The maximum absolute atomic E-state index is 12.3. The van der Waals surface area contributed by atoms with E-state index >= 15 is 0 Å². The summed E-state index contributed by atoms with van der Waals surface area (Å²) in [5, 5.41) is 3.05. The van der Waals surface area contributed by atoms with Gasteiger partial charge in [-0.1, -0.05) is 12.1 Å². The highest BCUT2D eigenvalue weighted by Crippen LogP contribution is 2.39. The fraction of sp³-hybridized carbons (Fsp3) is 0.294. The average Bonchev–Trinajstić information content (AvgIpc) is 2.53. The van der Waals surface area contributed by atoms with Gasteiger partial charge in [-0.05, 0) is 31.5 Å². The molecule has 1 aliphatic rings. The standard InChI is InChI=1S/C17H20N2O4/c1-9-13(16(20)22-3)15(11-5-7-12(18)8-6-11)14(10(2)19-9)17(21)23-4/h5-8,15,19H,18H2,1-4H3. The van der Waals surface area contributed by atoms with Crippen LogP contribution in [0.4, 0.5) is 5.69 Å². The number of benzene rings is 1. The monoisotopic (exact) mass is 316 g/mol. The van der Waals surface area contributed by atoms with Crippen molar-refractivity contribution in [2.24, 2.45) is 0 Å². The van der Waals surface area contributed by atoms with Crippen molar-refractivity contribution in [3.63, 3.8) is 0 Å². The van der Waals surface area contributed by atoms with Gasteiger partial charge in [0.15, 0.2) is 0 Å². The van der Waals surface area contributed by atoms with E-state index in [9.17, 15) is 9.59 Å². The molecule has 0 fully saturated rings. The van der Waals surface area contributed by atoms with Crippen molar-refractivity contribution in [2.45, 2.75) is 19.8 Å². The lowest BCUT2D eigenvalue weighted by atomic mass is 9.80. The number of anilines is 1. The lowest BCUT2D eigenvalue weighted by Gasteiger charge is -2.30. The van der Waals surface area contributed by atoms with E-state index in [1.54, 1.807) is 38.1 Å². The maximum Gasteiger partial charge on any atom is 0.336 e. The fourth-order valence-corrected chi connectivity index (χ4v) is 2.78. The van der Waals surface area contributed by atoms with Gasteiger partial charge in [-0.25, -0.2) is 9.59 Å². The Labute approximate surface area is 135 Å². The van der Waals surface area contributed by atoms with Crippen LogP contribution >= 0.6 is 0 Å². The van der Waals surface area contributed by atoms with Crippen LogP contribution in [0, 0.1) is 0 Å². The summed E-state index contributed by atoms with van der Waals surface area (Å²) in [7, 11) is 2.62. The number of carbonyl (C=O) groups excluding carboxylic acids is 2. The molecular formula is C17H20N2O4. The Balaban J connectivity index is 2.66. The summed E-state index contributed by atoms with van der Waals surface area (Å²) in [6.45, 7) is 3.54. The van der Waals surface area contributed by atoms with Gasteiger partial charge in [0, 0.05) is 17.1 Å². The largest absolute Gasteiger partial charge is 0.466 e. The second kappa shape index (κ2) is 6.56. The highest BCUT2D eigenvalue weighted by Gasteiger charge is 2.37. The molecule has 0 spiro atoms. The third-order valence-corrected chi connectivity index (χ3v) is 3.84. The predicted octanol–water partition coefficient (Wildman–Crippen LogP) is 1.85. The smallest absolute Gasteiger partial charge is 0.336 e. The zero-order chi connectivity index (χ0) is 17.1. The van der Waals surface area contributed by atoms with Gasteiger partial charge in [0.2, 0.25) is 0 Å². The molecule has 122 valence electrons. The summed E-state index contributed by atoms with van der Waals surface area (Å²) in [5.74, 6) is -1.56. The van der Waals surface area contributed by atoms with Crippen LogP contribution in [0.3, 0.4) is 0 Å². The van der Waals surface area contributed by atoms with Gasteiger partial charge in [-0.3, -0.25) is 0 Å². The van der Waals surface area contributed by atoms with Crippen LogP contribution in [0.2, 0.25) is 0 Å². The van der Waals surface area contributed by atoms with Crippen molar-refractivity contribution in [1.82, 2.24) is 5.32 Å². The summed E-state index contributed by atoms with van der Waals surface area (Å²) >= 11 is 0. The highest BCUT2D eigenvalue weighted by molar-refractivity contribution is 5.99. The molecule has 1 aromatic rings. The van der Waals surface area contributed by atoms with Gasteiger partial charge in [0.05, 0.1) is 31.3 Å². The number of esters is 2. The molecule has 1 aromatic carbocycles. The first kappa shape index (κ1) is 16.6. The topological polar surface area (TPSA) is 90.6 Å². The van der Waals surface area contributed by atoms with Crippen molar-refractivity contribution in [3.8, 4) is 0 Å². The number of hydrogen-bond acceptors (Lipinski definition) is 6. The molecule has 6 heteroatoms. The number of rotatable bonds is 3. The SMILES string of the molecule is COC(=O)C1=C(C)NC(C)=C(C(=O)OC)C1c1ccc(N)cc1. The molecule has 0 amide bonds. The molecule has 0 unspecified atom stereocenters. The number of hydrogen-bond donors (Lipinski definition) is 2. The van der Waals surface area contributed by atoms with E-state index in [2.05, 4.69) is 5.32 Å². The molecule has 0 aliphatic carbocycles. The minimum Gasteiger partial charge on any atom is -0.466 e. The number of methoxy groups -OCH3 is 2. The number of dihydropyridines is 1. The highest BCUT2D eigenvalue weighted by atomic mass is 16.5. The Kier molecular flexibility index (Phi) is 4.74. The fourth-order valence-electron chi connectivity index (χ4n) is 2.78. The molecule has 0 atom stereocenters. The minimum atomic E-state index is -0.572. The number of allylic oxidation sites excluding steroid dienone is 2. The van der Waals surface area contributed by atoms with Crippen LogP contribution in [0.25, 0.3) is 0 Å². The average molecular weight is 316 g/mol. The van der Waals surface area contributed by atoms with Gasteiger partial charge in [0.1, 0.15) is 0 Å². The molecule has 0 saturated heterocycles. The van der Waals surface area contributed by atoms with E-state index in [4.69, 9.17) is 15.2 Å². The first-order valence-electron chi connectivity index (χ1n) is 7.11. The van der Waals surface area contributed by atoms with Crippen molar-refractivity contribution in [1.29, 1.82) is 0 Å². The van der Waals surface area contributed by atoms with E-state index in [0.29, 0.717) is 28.2 Å². The van der Waals surface area contributed by atoms with Crippen molar-refractivity contribution >= 4 is 17.6 Å². The molecule has 0 radical (unpaired) electrons. The van der Waals surface area contributed by atoms with Gasteiger partial charge >= 0.3 is 11.9 Å². The summed E-state index contributed by atoms with van der Waals surface area (Å²) in [6, 6.07) is 7.03. The third-order valence-electron chi connectivity index (χ3n) is 3.84. The molecular weight excluding hydrogens is 296 g/mol. The second-order valence-corrected chi connectivity index (χ2v) is 5.29. The lowest BCUT2D eigenvalue weighted by Crippen LogP contribution is -2.32. The maximum atomic E-state index is 12.3. The van der Waals surface area contributed by atoms with Crippen LogP contribution in [0.15, 0.2) is 46.8 Å². The summed E-state index contributed by atoms with van der Waals surface area (Å²) in [5.41, 5.74) is 9.14. The number of nitrogens with one attached hydrogen (secondary N) is 1. The molecule has 2 rings (SSSR count). The molecule has 23 heavy (non-hydrogen) atoms. The molecule has 0 saturated carbocycles. The zero-order valence-electron chi connectivity index (χ0n) is 13.6. The summed E-state index contributed by atoms with van der Waals surface area (Å²) in [4.78, 5) is 24.5. The van der Waals surface area contributed by atoms with Crippen molar-refractivity contribution < 1.29 is 19.1 Å². The van der Waals surface area contributed by atoms with Crippen molar-refractivity contribution in [3.05, 3.63) is 52.4 Å². The first-order valence-corrected chi connectivity index (χ1v) is 7.11. The first-order chi connectivity index (χ1) is 10.9. The quantitative estimate of drug-likeness (QED) is 0.653. The zero-order valence-corrected chi connectivity index (χ0v) is 13.6. The Morgan fingerprint density at radius 1 is 0.957 bits per heavy atom. The van der Waals surface area contributed by atoms with E-state index < -0.39 is 17.9 Å². The van der Waals surface area contributed by atoms with Gasteiger partial charge < -0.3 is 20.5 Å².